The van der Waals surface area contributed by atoms with Crippen LogP contribution in [0.4, 0.5) is 10.1 Å². The van der Waals surface area contributed by atoms with Crippen molar-refractivity contribution >= 4 is 46.0 Å². The second-order valence-electron chi connectivity index (χ2n) is 9.34. The van der Waals surface area contributed by atoms with Gasteiger partial charge in [-0.05, 0) is 65.0 Å². The highest BCUT2D eigenvalue weighted by Crippen LogP contribution is 2.39. The Hall–Kier alpha value is -2.89. The zero-order valence-corrected chi connectivity index (χ0v) is 21.4. The first-order chi connectivity index (χ1) is 16.4. The Labute approximate surface area is 205 Å². The van der Waals surface area contributed by atoms with Crippen molar-refractivity contribution in [2.75, 3.05) is 17.9 Å². The topological polar surface area (TPSA) is 98.1 Å². The van der Waals surface area contributed by atoms with Crippen LogP contribution in [-0.4, -0.2) is 46.2 Å². The van der Waals surface area contributed by atoms with Gasteiger partial charge in [0.1, 0.15) is 17.2 Å². The Morgan fingerprint density at radius 2 is 1.69 bits per heavy atom. The second-order valence-corrected chi connectivity index (χ2v) is 10.3. The van der Waals surface area contributed by atoms with Crippen LogP contribution in [0, 0.1) is 5.82 Å². The molecule has 2 aromatic carbocycles. The summed E-state index contributed by atoms with van der Waals surface area (Å²) in [5.41, 5.74) is 0.495. The van der Waals surface area contributed by atoms with Crippen LogP contribution in [0.1, 0.15) is 45.0 Å². The number of anilines is 1. The molecule has 1 fully saturated rings. The van der Waals surface area contributed by atoms with Crippen LogP contribution in [0.5, 0.6) is 0 Å². The fourth-order valence-corrected chi connectivity index (χ4v) is 4.64. The molecule has 0 aliphatic carbocycles. The third kappa shape index (κ3) is 4.32. The summed E-state index contributed by atoms with van der Waals surface area (Å²) < 4.78 is 57.5. The summed E-state index contributed by atoms with van der Waals surface area (Å²) in [6, 6.07) is 8.83. The van der Waals surface area contributed by atoms with Crippen LogP contribution in [-0.2, 0) is 20.2 Å². The Morgan fingerprint density at radius 3 is 2.20 bits per heavy atom. The lowest BCUT2D eigenvalue weighted by atomic mass is 9.77. The zero-order valence-electron chi connectivity index (χ0n) is 20.5. The molecule has 1 aliphatic rings. The summed E-state index contributed by atoms with van der Waals surface area (Å²) in [5, 5.41) is 3.07. The van der Waals surface area contributed by atoms with E-state index >= 15 is 0 Å². The highest BCUT2D eigenvalue weighted by molar-refractivity contribution is 7.74. The molecule has 2 heterocycles. The maximum absolute atomic E-state index is 13.5. The minimum Gasteiger partial charge on any atom is -0.455 e. The van der Waals surface area contributed by atoms with E-state index in [0.29, 0.717) is 27.7 Å². The quantitative estimate of drug-likeness (QED) is 0.397. The molecule has 0 bridgehead atoms. The maximum atomic E-state index is 13.5. The van der Waals surface area contributed by atoms with E-state index in [0.717, 1.165) is 0 Å². The van der Waals surface area contributed by atoms with Gasteiger partial charge in [-0.1, -0.05) is 0 Å². The van der Waals surface area contributed by atoms with Crippen LogP contribution in [0.3, 0.4) is 0 Å². The summed E-state index contributed by atoms with van der Waals surface area (Å²) in [5.74, 6) is -0.585. The van der Waals surface area contributed by atoms with Crippen molar-refractivity contribution < 1.29 is 31.3 Å². The zero-order chi connectivity index (χ0) is 25.7. The largest absolute Gasteiger partial charge is 0.497 e. The molecule has 0 atom stereocenters. The SMILES string of the molecule is CCN(c1cc2oc(-c3ccc(F)cc3)c(C(=O)NC)c2cc1B1OC(C)(C)C(C)(C)O1)[SH](=O)=O. The lowest BCUT2D eigenvalue weighted by Gasteiger charge is -2.32. The Morgan fingerprint density at radius 1 is 1.09 bits per heavy atom. The molecule has 0 radical (unpaired) electrons. The lowest BCUT2D eigenvalue weighted by Crippen LogP contribution is -2.41. The van der Waals surface area contributed by atoms with Crippen LogP contribution in [0.15, 0.2) is 40.8 Å². The van der Waals surface area contributed by atoms with Gasteiger partial charge >= 0.3 is 7.12 Å². The highest BCUT2D eigenvalue weighted by atomic mass is 32.2. The number of halogens is 1. The first-order valence-electron chi connectivity index (χ1n) is 11.3. The van der Waals surface area contributed by atoms with E-state index in [-0.39, 0.29) is 17.9 Å². The monoisotopic (exact) mass is 502 g/mol. The summed E-state index contributed by atoms with van der Waals surface area (Å²) >= 11 is 0. The fraction of sp³-hybridized carbons (Fsp3) is 0.375. The number of fused-ring (bicyclic) bond motifs is 1. The predicted molar refractivity (Wildman–Crippen MR) is 134 cm³/mol. The number of furan rings is 1. The molecular formula is C24H28BFN2O6S. The summed E-state index contributed by atoms with van der Waals surface area (Å²) in [4.78, 5) is 13.0. The smallest absolute Gasteiger partial charge is 0.455 e. The first-order valence-corrected chi connectivity index (χ1v) is 12.4. The van der Waals surface area contributed by atoms with Gasteiger partial charge in [0.2, 0.25) is 10.9 Å². The number of nitrogens with zero attached hydrogens (tertiary/aromatic N) is 1. The van der Waals surface area contributed by atoms with E-state index < -0.39 is 40.9 Å². The average molecular weight is 502 g/mol. The highest BCUT2D eigenvalue weighted by Gasteiger charge is 2.52. The van der Waals surface area contributed by atoms with Gasteiger partial charge in [-0.25, -0.2) is 12.8 Å². The molecule has 3 aromatic rings. The van der Waals surface area contributed by atoms with Gasteiger partial charge in [0.25, 0.3) is 5.91 Å². The molecule has 0 saturated carbocycles. The number of carbonyl (C=O) groups is 1. The van der Waals surface area contributed by atoms with Crippen LogP contribution >= 0.6 is 0 Å². The van der Waals surface area contributed by atoms with Crippen molar-refractivity contribution in [1.82, 2.24) is 5.32 Å². The van der Waals surface area contributed by atoms with E-state index in [1.165, 1.54) is 35.6 Å². The van der Waals surface area contributed by atoms with E-state index in [2.05, 4.69) is 5.32 Å². The molecule has 1 saturated heterocycles. The Bertz CT molecular complexity index is 1340. The van der Waals surface area contributed by atoms with Crippen molar-refractivity contribution in [2.45, 2.75) is 45.8 Å². The van der Waals surface area contributed by atoms with Crippen molar-refractivity contribution in [3.8, 4) is 11.3 Å². The minimum atomic E-state index is -2.98. The van der Waals surface area contributed by atoms with E-state index in [9.17, 15) is 17.6 Å². The number of thiol groups is 1. The van der Waals surface area contributed by atoms with Crippen LogP contribution < -0.4 is 15.1 Å². The van der Waals surface area contributed by atoms with Crippen molar-refractivity contribution in [2.24, 2.45) is 0 Å². The number of hydrogen-bond donors (Lipinski definition) is 2. The Balaban J connectivity index is 2.02. The molecule has 8 nitrogen and oxygen atoms in total. The molecular weight excluding hydrogens is 474 g/mol. The van der Waals surface area contributed by atoms with Crippen molar-refractivity contribution in [3.63, 3.8) is 0 Å². The third-order valence-corrected chi connectivity index (χ3v) is 7.57. The van der Waals surface area contributed by atoms with Gasteiger partial charge in [-0.3, -0.25) is 9.10 Å². The number of amides is 1. The van der Waals surface area contributed by atoms with Crippen LogP contribution in [0.25, 0.3) is 22.3 Å². The maximum Gasteiger partial charge on any atom is 0.497 e. The van der Waals surface area contributed by atoms with E-state index in [4.69, 9.17) is 13.7 Å². The number of nitrogens with one attached hydrogen (secondary N) is 1. The molecule has 4 rings (SSSR count). The summed E-state index contributed by atoms with van der Waals surface area (Å²) in [6.07, 6.45) is 0. The number of carbonyl (C=O) groups excluding carboxylic acids is 1. The van der Waals surface area contributed by atoms with Gasteiger partial charge in [-0.2, -0.15) is 0 Å². The molecule has 186 valence electrons. The minimum absolute atomic E-state index is 0.171. The number of hydrogen-bond acceptors (Lipinski definition) is 6. The summed E-state index contributed by atoms with van der Waals surface area (Å²) in [7, 11) is -2.36. The number of benzene rings is 2. The summed E-state index contributed by atoms with van der Waals surface area (Å²) in [6.45, 7) is 9.49. The molecule has 1 aromatic heterocycles. The standard InChI is InChI=1S/C24H28BFN2O6S/c1-7-28(35(30)31)18-13-19-16(12-17(18)25-33-23(2,3)24(4,5)34-25)20(22(29)27-6)21(32-19)14-8-10-15(26)11-9-14/h8-13,35H,7H2,1-6H3,(H,27,29). The second kappa shape index (κ2) is 8.96. The van der Waals surface area contributed by atoms with Crippen molar-refractivity contribution in [3.05, 3.63) is 47.8 Å². The average Bonchev–Trinajstić information content (AvgIpc) is 3.26. The Kier molecular flexibility index (Phi) is 6.46. The molecule has 0 unspecified atom stereocenters. The first kappa shape index (κ1) is 25.2. The van der Waals surface area contributed by atoms with Gasteiger partial charge in [-0.15, -0.1) is 0 Å². The van der Waals surface area contributed by atoms with E-state index in [1.807, 2.05) is 27.7 Å². The van der Waals surface area contributed by atoms with Gasteiger partial charge in [0.05, 0.1) is 22.5 Å². The van der Waals surface area contributed by atoms with Gasteiger partial charge in [0, 0.05) is 36.1 Å². The fourth-order valence-electron chi connectivity index (χ4n) is 4.06. The normalized spacial score (nSPS) is 16.7. The molecule has 0 spiro atoms. The van der Waals surface area contributed by atoms with Crippen molar-refractivity contribution in [1.29, 1.82) is 0 Å². The third-order valence-electron chi connectivity index (χ3n) is 6.68. The molecule has 11 heteroatoms. The number of rotatable bonds is 6. The van der Waals surface area contributed by atoms with Gasteiger partial charge < -0.3 is 19.0 Å². The van der Waals surface area contributed by atoms with Crippen LogP contribution in [0.2, 0.25) is 0 Å². The lowest BCUT2D eigenvalue weighted by molar-refractivity contribution is 0.00578. The molecule has 1 N–H and O–H groups in total. The van der Waals surface area contributed by atoms with Gasteiger partial charge in [0.15, 0.2) is 0 Å². The van der Waals surface area contributed by atoms with E-state index in [1.54, 1.807) is 19.1 Å². The predicted octanol–water partition coefficient (Wildman–Crippen LogP) is 3.25. The molecule has 1 amide bonds. The molecule has 35 heavy (non-hydrogen) atoms. The molecule has 1 aliphatic heterocycles.